The quantitative estimate of drug-likeness (QED) is 0.485. The summed E-state index contributed by atoms with van der Waals surface area (Å²) in [5.41, 5.74) is 7.01. The van der Waals surface area contributed by atoms with Crippen molar-refractivity contribution in [1.82, 2.24) is 19.2 Å². The fraction of sp³-hybridized carbons (Fsp3) is 0.227. The van der Waals surface area contributed by atoms with Crippen LogP contribution in [0.5, 0.6) is 0 Å². The molecule has 2 aromatic heterocycles. The van der Waals surface area contributed by atoms with Crippen LogP contribution in [-0.2, 0) is 5.75 Å². The summed E-state index contributed by atoms with van der Waals surface area (Å²) in [6.45, 7) is 8.26. The Balaban J connectivity index is 1.68. The van der Waals surface area contributed by atoms with Crippen LogP contribution in [0.2, 0.25) is 0 Å². The number of aryl methyl sites for hydroxylation is 4. The first-order chi connectivity index (χ1) is 13.4. The van der Waals surface area contributed by atoms with E-state index in [0.717, 1.165) is 27.7 Å². The number of hydrogen-bond acceptors (Lipinski definition) is 4. The lowest BCUT2D eigenvalue weighted by molar-refractivity contribution is 0.892. The zero-order valence-corrected chi connectivity index (χ0v) is 17.2. The predicted molar refractivity (Wildman–Crippen MR) is 114 cm³/mol. The van der Waals surface area contributed by atoms with E-state index in [4.69, 9.17) is 0 Å². The molecule has 4 aromatic rings. The Bertz CT molecular complexity index is 1220. The molecule has 0 atom stereocenters. The van der Waals surface area contributed by atoms with E-state index >= 15 is 0 Å². The Morgan fingerprint density at radius 3 is 2.39 bits per heavy atom. The molecule has 4 rings (SSSR count). The first-order valence-electron chi connectivity index (χ1n) is 9.16. The summed E-state index contributed by atoms with van der Waals surface area (Å²) in [5, 5.41) is 9.14. The third-order valence-electron chi connectivity index (χ3n) is 4.79. The maximum Gasteiger partial charge on any atom is 0.300 e. The van der Waals surface area contributed by atoms with E-state index in [1.807, 2.05) is 32.2 Å². The van der Waals surface area contributed by atoms with Crippen LogP contribution in [0.15, 0.2) is 58.7 Å². The van der Waals surface area contributed by atoms with Gasteiger partial charge in [-0.05, 0) is 62.1 Å². The first kappa shape index (κ1) is 18.5. The van der Waals surface area contributed by atoms with Crippen LogP contribution in [0, 0.1) is 27.7 Å². The third kappa shape index (κ3) is 3.47. The Kier molecular flexibility index (Phi) is 4.81. The van der Waals surface area contributed by atoms with Gasteiger partial charge in [-0.3, -0.25) is 13.8 Å². The van der Waals surface area contributed by atoms with Crippen LogP contribution >= 0.6 is 11.8 Å². The smallest absolute Gasteiger partial charge is 0.280 e. The molecule has 2 heterocycles. The molecular weight excluding hydrogens is 368 g/mol. The minimum absolute atomic E-state index is 0.168. The molecule has 0 aliphatic heterocycles. The lowest BCUT2D eigenvalue weighted by atomic mass is 10.1. The summed E-state index contributed by atoms with van der Waals surface area (Å²) in [4.78, 5) is 13.0. The predicted octanol–water partition coefficient (Wildman–Crippen LogP) is 4.41. The molecule has 2 aromatic carbocycles. The second-order valence-electron chi connectivity index (χ2n) is 7.21. The number of benzene rings is 2. The van der Waals surface area contributed by atoms with Crippen molar-refractivity contribution in [1.29, 1.82) is 0 Å². The van der Waals surface area contributed by atoms with Crippen molar-refractivity contribution >= 4 is 17.4 Å². The number of nitrogens with zero attached hydrogens (tertiary/aromatic N) is 4. The topological polar surface area (TPSA) is 52.2 Å². The molecule has 0 aliphatic rings. The molecule has 0 aliphatic carbocycles. The summed E-state index contributed by atoms with van der Waals surface area (Å²) < 4.78 is 3.40. The number of thioether (sulfide) groups is 1. The molecular formula is C22H22N4OS. The van der Waals surface area contributed by atoms with Gasteiger partial charge >= 0.3 is 5.56 Å². The first-order valence-corrected chi connectivity index (χ1v) is 10.1. The number of rotatable bonds is 4. The SMILES string of the molecule is Cc1cc(C)cc(-n2ccn3c(SCc4cc(C)ccc4C)nnc3c2=O)c1. The average molecular weight is 391 g/mol. The molecule has 0 spiro atoms. The van der Waals surface area contributed by atoms with Gasteiger partial charge in [0.25, 0.3) is 0 Å². The average Bonchev–Trinajstić information content (AvgIpc) is 3.06. The highest BCUT2D eigenvalue weighted by molar-refractivity contribution is 7.98. The summed E-state index contributed by atoms with van der Waals surface area (Å²) in [6, 6.07) is 12.5. The van der Waals surface area contributed by atoms with Gasteiger partial charge in [0.1, 0.15) is 0 Å². The maximum atomic E-state index is 13.0. The lowest BCUT2D eigenvalue weighted by Gasteiger charge is -2.09. The summed E-state index contributed by atoms with van der Waals surface area (Å²) in [7, 11) is 0. The van der Waals surface area contributed by atoms with Crippen LogP contribution in [0.3, 0.4) is 0 Å². The van der Waals surface area contributed by atoms with Crippen molar-refractivity contribution in [3.8, 4) is 5.69 Å². The summed E-state index contributed by atoms with van der Waals surface area (Å²) in [5.74, 6) is 0.786. The van der Waals surface area contributed by atoms with E-state index in [1.165, 1.54) is 16.7 Å². The van der Waals surface area contributed by atoms with E-state index in [0.29, 0.717) is 5.65 Å². The van der Waals surface area contributed by atoms with Crippen molar-refractivity contribution in [2.45, 2.75) is 38.6 Å². The number of hydrogen-bond donors (Lipinski definition) is 0. The Morgan fingerprint density at radius 1 is 0.893 bits per heavy atom. The van der Waals surface area contributed by atoms with Crippen LogP contribution in [0.1, 0.15) is 27.8 Å². The van der Waals surface area contributed by atoms with Gasteiger partial charge in [0.05, 0.1) is 0 Å². The zero-order valence-electron chi connectivity index (χ0n) is 16.4. The number of fused-ring (bicyclic) bond motifs is 1. The molecule has 0 bridgehead atoms. The minimum atomic E-state index is -0.168. The fourth-order valence-electron chi connectivity index (χ4n) is 3.36. The molecule has 0 N–H and O–H groups in total. The molecule has 5 nitrogen and oxygen atoms in total. The summed E-state index contributed by atoms with van der Waals surface area (Å²) >= 11 is 1.59. The minimum Gasteiger partial charge on any atom is -0.280 e. The van der Waals surface area contributed by atoms with Crippen LogP contribution in [0.25, 0.3) is 11.3 Å². The highest BCUT2D eigenvalue weighted by Crippen LogP contribution is 2.24. The molecule has 0 fully saturated rings. The molecule has 0 radical (unpaired) electrons. The standard InChI is InChI=1S/C22H22N4OS/c1-14-5-6-17(4)18(10-14)13-28-22-24-23-20-21(27)25(7-8-26(20)22)19-11-15(2)9-16(3)12-19/h5-12H,13H2,1-4H3. The molecule has 142 valence electrons. The van der Waals surface area contributed by atoms with Gasteiger partial charge in [-0.15, -0.1) is 10.2 Å². The van der Waals surface area contributed by atoms with E-state index in [2.05, 4.69) is 48.3 Å². The lowest BCUT2D eigenvalue weighted by Crippen LogP contribution is -2.20. The van der Waals surface area contributed by atoms with E-state index in [-0.39, 0.29) is 5.56 Å². The fourth-order valence-corrected chi connectivity index (χ4v) is 4.34. The van der Waals surface area contributed by atoms with Crippen LogP contribution in [-0.4, -0.2) is 19.2 Å². The largest absolute Gasteiger partial charge is 0.300 e. The third-order valence-corrected chi connectivity index (χ3v) is 5.78. The molecule has 28 heavy (non-hydrogen) atoms. The van der Waals surface area contributed by atoms with Crippen LogP contribution in [0.4, 0.5) is 0 Å². The van der Waals surface area contributed by atoms with Gasteiger partial charge < -0.3 is 0 Å². The van der Waals surface area contributed by atoms with Gasteiger partial charge in [0.15, 0.2) is 5.16 Å². The van der Waals surface area contributed by atoms with Crippen molar-refractivity contribution < 1.29 is 0 Å². The van der Waals surface area contributed by atoms with Gasteiger partial charge in [0.2, 0.25) is 5.65 Å². The molecule has 6 heteroatoms. The van der Waals surface area contributed by atoms with Gasteiger partial charge in [-0.1, -0.05) is 41.6 Å². The zero-order chi connectivity index (χ0) is 19.8. The normalized spacial score (nSPS) is 11.3. The Labute approximate surface area is 168 Å². The highest BCUT2D eigenvalue weighted by atomic mass is 32.2. The van der Waals surface area contributed by atoms with Gasteiger partial charge in [-0.25, -0.2) is 0 Å². The Morgan fingerprint density at radius 2 is 1.64 bits per heavy atom. The van der Waals surface area contributed by atoms with Crippen molar-refractivity contribution in [3.05, 3.63) is 87.0 Å². The monoisotopic (exact) mass is 390 g/mol. The highest BCUT2D eigenvalue weighted by Gasteiger charge is 2.13. The van der Waals surface area contributed by atoms with Crippen LogP contribution < -0.4 is 5.56 Å². The van der Waals surface area contributed by atoms with Crippen molar-refractivity contribution in [2.75, 3.05) is 0 Å². The van der Waals surface area contributed by atoms with Gasteiger partial charge in [-0.2, -0.15) is 0 Å². The van der Waals surface area contributed by atoms with E-state index in [9.17, 15) is 4.79 Å². The molecule has 0 saturated carbocycles. The second-order valence-corrected chi connectivity index (χ2v) is 8.16. The maximum absolute atomic E-state index is 13.0. The van der Waals surface area contributed by atoms with Crippen molar-refractivity contribution in [2.24, 2.45) is 0 Å². The van der Waals surface area contributed by atoms with E-state index in [1.54, 1.807) is 26.9 Å². The summed E-state index contributed by atoms with van der Waals surface area (Å²) in [6.07, 6.45) is 3.65. The number of aromatic nitrogens is 4. The van der Waals surface area contributed by atoms with Gasteiger partial charge in [0, 0.05) is 23.8 Å². The Hall–Kier alpha value is -2.86. The molecule has 0 saturated heterocycles. The second kappa shape index (κ2) is 7.28. The molecule has 0 amide bonds. The van der Waals surface area contributed by atoms with E-state index < -0.39 is 0 Å². The van der Waals surface area contributed by atoms with Crippen molar-refractivity contribution in [3.63, 3.8) is 0 Å². The molecule has 0 unspecified atom stereocenters.